The van der Waals surface area contributed by atoms with Gasteiger partial charge in [-0.25, -0.2) is 0 Å². The fourth-order valence-electron chi connectivity index (χ4n) is 9.82. The SMILES string of the molecule is CC(C)(C)c1cc(OCCC(=O)OCC(COC(=O)CCOc2cc(C(C)(C)C)c(O)c(C(C)(C)C)c2)(COC(=O)CCOc2cc(C(C)(C)C)c(O)c(C(C)(C)C)c2)COC(=O)CCOc2cc(C(C)(C)C)c(O)c(C(C)(C)C)c2)cc(C(C)(C)C)c1O.[P]. The maximum atomic E-state index is 13.8. The third kappa shape index (κ3) is 22.5. The molecule has 17 heteroatoms. The summed E-state index contributed by atoms with van der Waals surface area (Å²) in [5.41, 5.74) is 0.220. The average Bonchev–Trinajstić information content (AvgIpc) is 0.861. The van der Waals surface area contributed by atoms with Gasteiger partial charge in [0.2, 0.25) is 0 Å². The van der Waals surface area contributed by atoms with Crippen molar-refractivity contribution in [2.45, 2.75) is 235 Å². The molecular formula is C73H108O16P. The number of benzene rings is 4. The molecule has 0 aliphatic carbocycles. The Kier molecular flexibility index (Phi) is 25.9. The maximum absolute atomic E-state index is 13.8. The van der Waals surface area contributed by atoms with Crippen LogP contribution in [-0.4, -0.2) is 97.2 Å². The van der Waals surface area contributed by atoms with Gasteiger partial charge in [-0.05, 0) is 91.9 Å². The predicted octanol–water partition coefficient (Wildman–Crippen LogP) is 16.1. The molecule has 501 valence electrons. The molecule has 0 unspecified atom stereocenters. The van der Waals surface area contributed by atoms with Crippen molar-refractivity contribution in [3.05, 3.63) is 93.0 Å². The van der Waals surface area contributed by atoms with Crippen LogP contribution in [0.4, 0.5) is 0 Å². The Labute approximate surface area is 541 Å². The second-order valence-corrected chi connectivity index (χ2v) is 32.0. The van der Waals surface area contributed by atoms with Crippen molar-refractivity contribution < 1.29 is 77.5 Å². The molecule has 0 aliphatic rings. The number of phenols is 4. The van der Waals surface area contributed by atoms with Crippen LogP contribution in [0.1, 0.15) is 236 Å². The molecule has 4 N–H and O–H groups in total. The maximum Gasteiger partial charge on any atom is 0.309 e. The van der Waals surface area contributed by atoms with Gasteiger partial charge in [0.05, 0.1) is 52.1 Å². The summed E-state index contributed by atoms with van der Waals surface area (Å²) < 4.78 is 48.3. The Balaban J connectivity index is 0.0000212. The highest BCUT2D eigenvalue weighted by Gasteiger charge is 2.39. The molecule has 4 aromatic carbocycles. The van der Waals surface area contributed by atoms with E-state index in [1.165, 1.54) is 0 Å². The molecule has 4 aromatic rings. The lowest BCUT2D eigenvalue weighted by atomic mass is 9.79. The summed E-state index contributed by atoms with van der Waals surface area (Å²) in [7, 11) is 0. The Morgan fingerprint density at radius 3 is 0.533 bits per heavy atom. The normalized spacial score (nSPS) is 12.8. The van der Waals surface area contributed by atoms with Crippen LogP contribution in [0, 0.1) is 5.41 Å². The number of hydrogen-bond acceptors (Lipinski definition) is 16. The van der Waals surface area contributed by atoms with E-state index in [2.05, 4.69) is 0 Å². The van der Waals surface area contributed by atoms with Crippen LogP contribution < -0.4 is 18.9 Å². The Hall–Kier alpha value is -6.41. The molecule has 4 rings (SSSR count). The molecular weight excluding hydrogens is 1160 g/mol. The van der Waals surface area contributed by atoms with E-state index < -0.39 is 99.0 Å². The first-order valence-corrected chi connectivity index (χ1v) is 31.1. The zero-order chi connectivity index (χ0) is 67.8. The summed E-state index contributed by atoms with van der Waals surface area (Å²) in [5, 5.41) is 45.2. The smallest absolute Gasteiger partial charge is 0.309 e. The van der Waals surface area contributed by atoms with Crippen molar-refractivity contribution in [1.82, 2.24) is 0 Å². The van der Waals surface area contributed by atoms with Crippen LogP contribution in [0.25, 0.3) is 0 Å². The van der Waals surface area contributed by atoms with Gasteiger partial charge in [-0.15, -0.1) is 0 Å². The third-order valence-electron chi connectivity index (χ3n) is 15.3. The van der Waals surface area contributed by atoms with E-state index >= 15 is 0 Å². The standard InChI is InChI=1S/C73H108O16.P/c1-65(2,3)49-33-45(34-50(61(49)78)66(4,5)6)82-29-25-57(74)86-41-73(42-87-58(75)26-30-83-46-35-51(67(7,8)9)62(79)52(36-46)68(10,11)12,43-88-59(76)27-31-84-47-37-53(69(13,14)15)63(80)54(38-47)70(16,17)18)44-89-60(77)28-32-85-48-39-55(71(19,20)21)64(81)56(40-48)72(22,23)24;/h33-40,78-81H,25-32,41-44H2,1-24H3;. The fraction of sp³-hybridized carbons (Fsp3) is 0.616. The van der Waals surface area contributed by atoms with E-state index in [9.17, 15) is 39.6 Å². The van der Waals surface area contributed by atoms with E-state index in [1.54, 1.807) is 48.5 Å². The Morgan fingerprint density at radius 1 is 0.278 bits per heavy atom. The lowest BCUT2D eigenvalue weighted by molar-refractivity contribution is -0.171. The molecule has 16 nitrogen and oxygen atoms in total. The van der Waals surface area contributed by atoms with Crippen molar-refractivity contribution in [3.8, 4) is 46.0 Å². The van der Waals surface area contributed by atoms with Crippen LogP contribution in [-0.2, 0) is 81.4 Å². The van der Waals surface area contributed by atoms with Crippen LogP contribution in [0.2, 0.25) is 0 Å². The minimum absolute atomic E-state index is 0. The highest BCUT2D eigenvalue weighted by atomic mass is 31.0. The van der Waals surface area contributed by atoms with Gasteiger partial charge in [0.15, 0.2) is 0 Å². The molecule has 0 atom stereocenters. The Bertz CT molecular complexity index is 2560. The number of carbonyl (C=O) groups excluding carboxylic acids is 4. The summed E-state index contributed by atoms with van der Waals surface area (Å²) in [6.07, 6.45) is -1.00. The number of ether oxygens (including phenoxy) is 8. The molecule has 0 amide bonds. The van der Waals surface area contributed by atoms with Crippen LogP contribution >= 0.6 is 9.90 Å². The highest BCUT2D eigenvalue weighted by Crippen LogP contribution is 2.46. The van der Waals surface area contributed by atoms with E-state index in [-0.39, 0.29) is 85.0 Å². The second-order valence-electron chi connectivity index (χ2n) is 32.0. The minimum Gasteiger partial charge on any atom is -0.507 e. The summed E-state index contributed by atoms with van der Waals surface area (Å²) >= 11 is 0. The van der Waals surface area contributed by atoms with Crippen LogP contribution in [0.15, 0.2) is 48.5 Å². The van der Waals surface area contributed by atoms with Gasteiger partial charge in [-0.2, -0.15) is 0 Å². The largest absolute Gasteiger partial charge is 0.507 e. The summed E-state index contributed by atoms with van der Waals surface area (Å²) in [6, 6.07) is 14.0. The van der Waals surface area contributed by atoms with Gasteiger partial charge in [0, 0.05) is 54.4 Å². The monoisotopic (exact) mass is 1270 g/mol. The third-order valence-corrected chi connectivity index (χ3v) is 15.3. The molecule has 3 radical (unpaired) electrons. The molecule has 0 fully saturated rings. The minimum atomic E-state index is -1.68. The van der Waals surface area contributed by atoms with Crippen LogP contribution in [0.3, 0.4) is 0 Å². The first-order valence-electron chi connectivity index (χ1n) is 31.1. The number of carbonyl (C=O) groups is 4. The molecule has 0 aromatic heterocycles. The first kappa shape index (κ1) is 77.8. The predicted molar refractivity (Wildman–Crippen MR) is 356 cm³/mol. The second kappa shape index (κ2) is 29.9. The van der Waals surface area contributed by atoms with E-state index in [0.29, 0.717) is 67.5 Å². The summed E-state index contributed by atoms with van der Waals surface area (Å²) in [4.78, 5) is 55.4. The molecule has 0 saturated carbocycles. The number of esters is 4. The van der Waals surface area contributed by atoms with Gasteiger partial charge in [0.1, 0.15) is 77.8 Å². The highest BCUT2D eigenvalue weighted by molar-refractivity contribution is 6.92. The van der Waals surface area contributed by atoms with E-state index in [1.807, 2.05) is 166 Å². The molecule has 0 spiro atoms. The van der Waals surface area contributed by atoms with Crippen molar-refractivity contribution in [1.29, 1.82) is 0 Å². The van der Waals surface area contributed by atoms with Crippen molar-refractivity contribution >= 4 is 33.8 Å². The quantitative estimate of drug-likeness (QED) is 0.0291. The van der Waals surface area contributed by atoms with E-state index in [4.69, 9.17) is 37.9 Å². The van der Waals surface area contributed by atoms with Gasteiger partial charge < -0.3 is 58.3 Å². The van der Waals surface area contributed by atoms with Gasteiger partial charge in [-0.3, -0.25) is 19.2 Å². The number of aromatic hydroxyl groups is 4. The Morgan fingerprint density at radius 2 is 0.411 bits per heavy atom. The molecule has 0 bridgehead atoms. The van der Waals surface area contributed by atoms with E-state index in [0.717, 1.165) is 0 Å². The average molecular weight is 1270 g/mol. The number of rotatable bonds is 24. The van der Waals surface area contributed by atoms with Gasteiger partial charge in [0.25, 0.3) is 0 Å². The summed E-state index contributed by atoms with van der Waals surface area (Å²) in [5.74, 6) is -0.432. The fourth-order valence-corrected chi connectivity index (χ4v) is 9.82. The van der Waals surface area contributed by atoms with Crippen molar-refractivity contribution in [2.24, 2.45) is 5.41 Å². The van der Waals surface area contributed by atoms with Crippen LogP contribution in [0.5, 0.6) is 46.0 Å². The number of phenolic OH excluding ortho intramolecular Hbond substituents is 4. The van der Waals surface area contributed by atoms with Crippen molar-refractivity contribution in [3.63, 3.8) is 0 Å². The summed E-state index contributed by atoms with van der Waals surface area (Å²) in [6.45, 7) is 44.9. The molecule has 0 aliphatic heterocycles. The van der Waals surface area contributed by atoms with Gasteiger partial charge >= 0.3 is 23.9 Å². The topological polar surface area (TPSA) is 223 Å². The lowest BCUT2D eigenvalue weighted by Gasteiger charge is -2.31. The number of hydrogen-bond donors (Lipinski definition) is 4. The zero-order valence-electron chi connectivity index (χ0n) is 58.7. The van der Waals surface area contributed by atoms with Crippen molar-refractivity contribution in [2.75, 3.05) is 52.9 Å². The molecule has 90 heavy (non-hydrogen) atoms. The first-order chi connectivity index (χ1) is 40.4. The zero-order valence-corrected chi connectivity index (χ0v) is 59.6. The lowest BCUT2D eigenvalue weighted by Crippen LogP contribution is -2.44. The van der Waals surface area contributed by atoms with Gasteiger partial charge in [-0.1, -0.05) is 166 Å². The molecule has 0 saturated heterocycles. The molecule has 0 heterocycles.